The van der Waals surface area contributed by atoms with Crippen molar-refractivity contribution in [1.29, 1.82) is 0 Å². The van der Waals surface area contributed by atoms with Crippen LogP contribution in [0.2, 0.25) is 5.02 Å². The SMILES string of the molecule is OC(CN=Cc1ccc(Cl)cc1)CC1CCC1. The first-order chi connectivity index (χ1) is 8.24. The summed E-state index contributed by atoms with van der Waals surface area (Å²) < 4.78 is 0. The van der Waals surface area contributed by atoms with E-state index in [1.165, 1.54) is 19.3 Å². The van der Waals surface area contributed by atoms with Gasteiger partial charge in [-0.05, 0) is 30.0 Å². The van der Waals surface area contributed by atoms with Gasteiger partial charge in [0, 0.05) is 11.2 Å². The molecule has 17 heavy (non-hydrogen) atoms. The molecule has 1 N–H and O–H groups in total. The van der Waals surface area contributed by atoms with Gasteiger partial charge in [0.05, 0.1) is 12.6 Å². The highest BCUT2D eigenvalue weighted by atomic mass is 35.5. The number of rotatable bonds is 5. The van der Waals surface area contributed by atoms with E-state index >= 15 is 0 Å². The summed E-state index contributed by atoms with van der Waals surface area (Å²) in [6.45, 7) is 0.499. The molecule has 1 atom stereocenters. The maximum atomic E-state index is 9.77. The smallest absolute Gasteiger partial charge is 0.0738 e. The number of nitrogens with zero attached hydrogens (tertiary/aromatic N) is 1. The van der Waals surface area contributed by atoms with Crippen LogP contribution >= 0.6 is 11.6 Å². The summed E-state index contributed by atoms with van der Waals surface area (Å²) in [5.41, 5.74) is 1.02. The summed E-state index contributed by atoms with van der Waals surface area (Å²) >= 11 is 5.79. The molecule has 0 aliphatic heterocycles. The second-order valence-corrected chi connectivity index (χ2v) is 5.17. The van der Waals surface area contributed by atoms with Crippen LogP contribution in [0, 0.1) is 5.92 Å². The Kier molecular flexibility index (Phi) is 4.57. The van der Waals surface area contributed by atoms with Gasteiger partial charge in [-0.1, -0.05) is 43.0 Å². The zero-order chi connectivity index (χ0) is 12.1. The van der Waals surface area contributed by atoms with E-state index in [0.29, 0.717) is 6.54 Å². The van der Waals surface area contributed by atoms with E-state index in [4.69, 9.17) is 11.6 Å². The minimum atomic E-state index is -0.288. The molecule has 1 unspecified atom stereocenters. The van der Waals surface area contributed by atoms with E-state index in [1.807, 2.05) is 24.3 Å². The lowest BCUT2D eigenvalue weighted by Crippen LogP contribution is -2.21. The van der Waals surface area contributed by atoms with E-state index < -0.39 is 0 Å². The summed E-state index contributed by atoms with van der Waals surface area (Å²) in [6, 6.07) is 7.52. The summed E-state index contributed by atoms with van der Waals surface area (Å²) in [5.74, 6) is 0.732. The number of halogens is 1. The molecule has 0 amide bonds. The fourth-order valence-corrected chi connectivity index (χ4v) is 2.14. The highest BCUT2D eigenvalue weighted by Gasteiger charge is 2.20. The molecule has 1 aromatic rings. The molecular weight excluding hydrogens is 234 g/mol. The minimum Gasteiger partial charge on any atom is -0.391 e. The molecule has 0 saturated heterocycles. The third-order valence-corrected chi connectivity index (χ3v) is 3.51. The zero-order valence-corrected chi connectivity index (χ0v) is 10.6. The molecule has 1 fully saturated rings. The summed E-state index contributed by atoms with van der Waals surface area (Å²) in [5, 5.41) is 10.5. The molecule has 0 aromatic heterocycles. The number of hydrogen-bond donors (Lipinski definition) is 1. The largest absolute Gasteiger partial charge is 0.391 e. The molecule has 2 nitrogen and oxygen atoms in total. The van der Waals surface area contributed by atoms with Crippen molar-refractivity contribution in [3.05, 3.63) is 34.9 Å². The molecule has 2 rings (SSSR count). The lowest BCUT2D eigenvalue weighted by atomic mass is 9.81. The normalized spacial score (nSPS) is 18.2. The molecule has 92 valence electrons. The number of benzene rings is 1. The quantitative estimate of drug-likeness (QED) is 0.800. The molecule has 1 saturated carbocycles. The van der Waals surface area contributed by atoms with Crippen LogP contribution in [0.25, 0.3) is 0 Å². The van der Waals surface area contributed by atoms with Crippen LogP contribution < -0.4 is 0 Å². The van der Waals surface area contributed by atoms with Crippen molar-refractivity contribution >= 4 is 17.8 Å². The van der Waals surface area contributed by atoms with Gasteiger partial charge in [-0.15, -0.1) is 0 Å². The predicted octanol–water partition coefficient (Wildman–Crippen LogP) is 3.31. The van der Waals surface area contributed by atoms with E-state index in [0.717, 1.165) is 22.9 Å². The molecule has 1 aliphatic rings. The Morgan fingerprint density at radius 2 is 2.06 bits per heavy atom. The van der Waals surface area contributed by atoms with Gasteiger partial charge >= 0.3 is 0 Å². The van der Waals surface area contributed by atoms with E-state index in [2.05, 4.69) is 4.99 Å². The third kappa shape index (κ3) is 4.14. The molecule has 3 heteroatoms. The van der Waals surface area contributed by atoms with Crippen LogP contribution in [0.15, 0.2) is 29.3 Å². The van der Waals surface area contributed by atoms with Crippen LogP contribution in [0.3, 0.4) is 0 Å². The summed E-state index contributed by atoms with van der Waals surface area (Å²) in [7, 11) is 0. The van der Waals surface area contributed by atoms with Gasteiger partial charge in [0.2, 0.25) is 0 Å². The summed E-state index contributed by atoms with van der Waals surface area (Å²) in [4.78, 5) is 4.26. The van der Waals surface area contributed by atoms with Crippen molar-refractivity contribution in [2.75, 3.05) is 6.54 Å². The lowest BCUT2D eigenvalue weighted by Gasteiger charge is -2.26. The molecule has 0 bridgehead atoms. The highest BCUT2D eigenvalue weighted by Crippen LogP contribution is 2.30. The fraction of sp³-hybridized carbons (Fsp3) is 0.500. The standard InChI is InChI=1S/C14H18ClNO/c15-13-6-4-12(5-7-13)9-16-10-14(17)8-11-2-1-3-11/h4-7,9,11,14,17H,1-3,8,10H2. The number of aliphatic hydroxyl groups excluding tert-OH is 1. The summed E-state index contributed by atoms with van der Waals surface area (Å²) in [6.07, 6.45) is 6.28. The third-order valence-electron chi connectivity index (χ3n) is 3.26. The van der Waals surface area contributed by atoms with Crippen LogP contribution in [0.5, 0.6) is 0 Å². The number of aliphatic imine (C=N–C) groups is 1. The Balaban J connectivity index is 1.74. The minimum absolute atomic E-state index is 0.288. The van der Waals surface area contributed by atoms with Crippen molar-refractivity contribution in [2.24, 2.45) is 10.9 Å². The number of aliphatic hydroxyl groups is 1. The van der Waals surface area contributed by atoms with Crippen LogP contribution in [0.1, 0.15) is 31.2 Å². The first-order valence-corrected chi connectivity index (χ1v) is 6.55. The van der Waals surface area contributed by atoms with Crippen molar-refractivity contribution < 1.29 is 5.11 Å². The van der Waals surface area contributed by atoms with E-state index in [-0.39, 0.29) is 6.10 Å². The van der Waals surface area contributed by atoms with Crippen LogP contribution in [-0.2, 0) is 0 Å². The fourth-order valence-electron chi connectivity index (χ4n) is 2.02. The van der Waals surface area contributed by atoms with Crippen LogP contribution in [0.4, 0.5) is 0 Å². The van der Waals surface area contributed by atoms with Gasteiger partial charge in [-0.25, -0.2) is 0 Å². The van der Waals surface area contributed by atoms with Gasteiger partial charge in [-0.3, -0.25) is 4.99 Å². The molecule has 0 spiro atoms. The second-order valence-electron chi connectivity index (χ2n) is 4.73. The van der Waals surface area contributed by atoms with Gasteiger partial charge in [0.15, 0.2) is 0 Å². The van der Waals surface area contributed by atoms with Crippen molar-refractivity contribution in [2.45, 2.75) is 31.8 Å². The predicted molar refractivity (Wildman–Crippen MR) is 71.9 cm³/mol. The molecular formula is C14H18ClNO. The average Bonchev–Trinajstić information content (AvgIpc) is 2.26. The maximum absolute atomic E-state index is 9.77. The average molecular weight is 252 g/mol. The highest BCUT2D eigenvalue weighted by molar-refractivity contribution is 6.30. The molecule has 0 radical (unpaired) electrons. The monoisotopic (exact) mass is 251 g/mol. The Morgan fingerprint density at radius 3 is 2.65 bits per heavy atom. The van der Waals surface area contributed by atoms with Gasteiger partial charge < -0.3 is 5.11 Å². The van der Waals surface area contributed by atoms with Crippen molar-refractivity contribution in [3.8, 4) is 0 Å². The zero-order valence-electron chi connectivity index (χ0n) is 9.85. The van der Waals surface area contributed by atoms with Crippen molar-refractivity contribution in [3.63, 3.8) is 0 Å². The Bertz CT molecular complexity index is 370. The van der Waals surface area contributed by atoms with E-state index in [9.17, 15) is 5.11 Å². The second kappa shape index (κ2) is 6.18. The Hall–Kier alpha value is -0.860. The topological polar surface area (TPSA) is 32.6 Å². The Labute approximate surface area is 107 Å². The first-order valence-electron chi connectivity index (χ1n) is 6.17. The lowest BCUT2D eigenvalue weighted by molar-refractivity contribution is 0.124. The van der Waals surface area contributed by atoms with Gasteiger partial charge in [0.1, 0.15) is 0 Å². The molecule has 1 aliphatic carbocycles. The Morgan fingerprint density at radius 1 is 1.35 bits per heavy atom. The molecule has 0 heterocycles. The molecule has 1 aromatic carbocycles. The maximum Gasteiger partial charge on any atom is 0.0738 e. The first kappa shape index (κ1) is 12.6. The van der Waals surface area contributed by atoms with Gasteiger partial charge in [-0.2, -0.15) is 0 Å². The van der Waals surface area contributed by atoms with Crippen molar-refractivity contribution in [1.82, 2.24) is 0 Å². The van der Waals surface area contributed by atoms with E-state index in [1.54, 1.807) is 6.21 Å². The number of hydrogen-bond acceptors (Lipinski definition) is 2. The van der Waals surface area contributed by atoms with Gasteiger partial charge in [0.25, 0.3) is 0 Å². The van der Waals surface area contributed by atoms with Crippen LogP contribution in [-0.4, -0.2) is 24.0 Å².